The van der Waals surface area contributed by atoms with Crippen LogP contribution in [0.15, 0.2) is 6.20 Å². The lowest BCUT2D eigenvalue weighted by molar-refractivity contribution is -0.0257. The van der Waals surface area contributed by atoms with Crippen LogP contribution in [0.1, 0.15) is 30.3 Å². The highest BCUT2D eigenvalue weighted by Gasteiger charge is 2.40. The number of ether oxygens (including phenoxy) is 1. The molecule has 0 saturated carbocycles. The predicted octanol–water partition coefficient (Wildman–Crippen LogP) is 0.856. The molecule has 1 N–H and O–H groups in total. The molecule has 8 heteroatoms. The van der Waals surface area contributed by atoms with Crippen molar-refractivity contribution in [2.24, 2.45) is 0 Å². The average Bonchev–Trinajstić information content (AvgIpc) is 3.11. The second kappa shape index (κ2) is 7.39. The van der Waals surface area contributed by atoms with Gasteiger partial charge in [0.2, 0.25) is 0 Å². The summed E-state index contributed by atoms with van der Waals surface area (Å²) in [6.45, 7) is 7.23. The first-order valence-electron chi connectivity index (χ1n) is 8.55. The largest absolute Gasteiger partial charge is 0.387 e. The molecule has 1 aromatic heterocycles. The Morgan fingerprint density at radius 3 is 2.88 bits per heavy atom. The van der Waals surface area contributed by atoms with E-state index in [0.717, 1.165) is 26.1 Å². The third kappa shape index (κ3) is 3.91. The van der Waals surface area contributed by atoms with Gasteiger partial charge in [-0.25, -0.2) is 0 Å². The summed E-state index contributed by atoms with van der Waals surface area (Å²) in [6, 6.07) is 0. The molecular formula is C16H25ClN4O3. The highest BCUT2D eigenvalue weighted by atomic mass is 35.5. The maximum atomic E-state index is 12.7. The smallest absolute Gasteiger partial charge is 0.276 e. The van der Waals surface area contributed by atoms with Gasteiger partial charge in [0.05, 0.1) is 30.4 Å². The fourth-order valence-electron chi connectivity index (χ4n) is 3.37. The first-order valence-corrected chi connectivity index (χ1v) is 8.93. The van der Waals surface area contributed by atoms with E-state index < -0.39 is 5.60 Å². The molecule has 3 heterocycles. The maximum Gasteiger partial charge on any atom is 0.276 e. The van der Waals surface area contributed by atoms with Crippen LogP contribution in [-0.4, -0.2) is 82.1 Å². The number of carbonyl (C=O) groups is 1. The van der Waals surface area contributed by atoms with E-state index in [9.17, 15) is 9.90 Å². The molecular weight excluding hydrogens is 332 g/mol. The summed E-state index contributed by atoms with van der Waals surface area (Å²) in [5.74, 6) is -0.201. The Bertz CT molecular complexity index is 588. The van der Waals surface area contributed by atoms with Gasteiger partial charge in [0.25, 0.3) is 5.91 Å². The molecule has 0 unspecified atom stereocenters. The van der Waals surface area contributed by atoms with Crippen LogP contribution in [0, 0.1) is 0 Å². The lowest BCUT2D eigenvalue weighted by Gasteiger charge is -2.33. The number of carbonyl (C=O) groups excluding carboxylic acids is 1. The van der Waals surface area contributed by atoms with Gasteiger partial charge in [-0.2, -0.15) is 5.10 Å². The standard InChI is InChI=1S/C16H25ClN4O3/c1-2-4-21-10-13(17)14(18-21)15(22)20-5-3-16(23,12-20)11-19-6-8-24-9-7-19/h10,23H,2-9,11-12H2,1H3/t16-/m0/s1. The number of hydrogen-bond acceptors (Lipinski definition) is 5. The number of rotatable bonds is 5. The lowest BCUT2D eigenvalue weighted by atomic mass is 10.0. The quantitative estimate of drug-likeness (QED) is 0.847. The van der Waals surface area contributed by atoms with E-state index in [1.54, 1.807) is 15.8 Å². The molecule has 0 aliphatic carbocycles. The van der Waals surface area contributed by atoms with E-state index in [2.05, 4.69) is 10.00 Å². The monoisotopic (exact) mass is 356 g/mol. The molecule has 2 aliphatic heterocycles. The Hall–Kier alpha value is -1.15. The molecule has 0 radical (unpaired) electrons. The molecule has 2 aliphatic rings. The summed E-state index contributed by atoms with van der Waals surface area (Å²) in [5.41, 5.74) is -0.591. The molecule has 7 nitrogen and oxygen atoms in total. The third-order valence-corrected chi connectivity index (χ3v) is 4.89. The Labute approximate surface area is 147 Å². The Kier molecular flexibility index (Phi) is 5.44. The second-order valence-electron chi connectivity index (χ2n) is 6.68. The van der Waals surface area contributed by atoms with Gasteiger partial charge in [-0.3, -0.25) is 14.4 Å². The molecule has 0 bridgehead atoms. The third-order valence-electron chi connectivity index (χ3n) is 4.61. The van der Waals surface area contributed by atoms with Crippen molar-refractivity contribution in [2.45, 2.75) is 31.9 Å². The number of aryl methyl sites for hydroxylation is 1. The van der Waals surface area contributed by atoms with Crippen LogP contribution in [0.5, 0.6) is 0 Å². The minimum atomic E-state index is -0.870. The fourth-order valence-corrected chi connectivity index (χ4v) is 3.60. The van der Waals surface area contributed by atoms with Crippen LogP contribution in [0.4, 0.5) is 0 Å². The first-order chi connectivity index (χ1) is 11.5. The average molecular weight is 357 g/mol. The van der Waals surface area contributed by atoms with Gasteiger partial charge in [0.1, 0.15) is 0 Å². The van der Waals surface area contributed by atoms with Gasteiger partial charge >= 0.3 is 0 Å². The molecule has 134 valence electrons. The number of β-amino-alcohol motifs (C(OH)–C–C–N with tert-alkyl or cyclic N) is 1. The number of aliphatic hydroxyl groups is 1. The number of hydrogen-bond donors (Lipinski definition) is 1. The maximum absolute atomic E-state index is 12.7. The number of halogens is 1. The second-order valence-corrected chi connectivity index (χ2v) is 7.09. The summed E-state index contributed by atoms with van der Waals surface area (Å²) in [6.07, 6.45) is 3.19. The molecule has 1 aromatic rings. The lowest BCUT2D eigenvalue weighted by Crippen LogP contribution is -2.49. The summed E-state index contributed by atoms with van der Waals surface area (Å²) in [4.78, 5) is 16.5. The van der Waals surface area contributed by atoms with Gasteiger partial charge < -0.3 is 14.7 Å². The van der Waals surface area contributed by atoms with Gasteiger partial charge in [-0.15, -0.1) is 0 Å². The highest BCUT2D eigenvalue weighted by molar-refractivity contribution is 6.33. The van der Waals surface area contributed by atoms with Crippen molar-refractivity contribution in [1.82, 2.24) is 19.6 Å². The molecule has 0 spiro atoms. The molecule has 1 amide bonds. The van der Waals surface area contributed by atoms with Crippen molar-refractivity contribution < 1.29 is 14.6 Å². The summed E-state index contributed by atoms with van der Waals surface area (Å²) in [5, 5.41) is 15.5. The fraction of sp³-hybridized carbons (Fsp3) is 0.750. The highest BCUT2D eigenvalue weighted by Crippen LogP contribution is 2.26. The van der Waals surface area contributed by atoms with Crippen molar-refractivity contribution in [1.29, 1.82) is 0 Å². The number of amides is 1. The van der Waals surface area contributed by atoms with E-state index in [0.29, 0.717) is 44.3 Å². The van der Waals surface area contributed by atoms with Crippen LogP contribution >= 0.6 is 11.6 Å². The summed E-state index contributed by atoms with van der Waals surface area (Å²) < 4.78 is 7.04. The van der Waals surface area contributed by atoms with Crippen LogP contribution < -0.4 is 0 Å². The van der Waals surface area contributed by atoms with Gasteiger partial charge in [-0.05, 0) is 12.8 Å². The van der Waals surface area contributed by atoms with E-state index >= 15 is 0 Å². The summed E-state index contributed by atoms with van der Waals surface area (Å²) >= 11 is 6.17. The van der Waals surface area contributed by atoms with E-state index in [1.807, 2.05) is 6.92 Å². The Morgan fingerprint density at radius 1 is 1.42 bits per heavy atom. The van der Waals surface area contributed by atoms with Gasteiger partial charge in [-0.1, -0.05) is 18.5 Å². The molecule has 24 heavy (non-hydrogen) atoms. The van der Waals surface area contributed by atoms with Crippen molar-refractivity contribution in [3.8, 4) is 0 Å². The topological polar surface area (TPSA) is 70.8 Å². The number of aromatic nitrogens is 2. The minimum Gasteiger partial charge on any atom is -0.387 e. The molecule has 0 aromatic carbocycles. The first kappa shape index (κ1) is 17.7. The summed E-state index contributed by atoms with van der Waals surface area (Å²) in [7, 11) is 0. The molecule has 2 fully saturated rings. The van der Waals surface area contributed by atoms with Crippen LogP contribution in [0.3, 0.4) is 0 Å². The Balaban J connectivity index is 1.62. The molecule has 3 rings (SSSR count). The van der Waals surface area contributed by atoms with E-state index in [4.69, 9.17) is 16.3 Å². The van der Waals surface area contributed by atoms with Crippen LogP contribution in [-0.2, 0) is 11.3 Å². The van der Waals surface area contributed by atoms with Crippen molar-refractivity contribution >= 4 is 17.5 Å². The van der Waals surface area contributed by atoms with Gasteiger partial charge in [0.15, 0.2) is 5.69 Å². The normalized spacial score (nSPS) is 25.4. The zero-order valence-electron chi connectivity index (χ0n) is 14.1. The van der Waals surface area contributed by atoms with Crippen molar-refractivity contribution in [3.63, 3.8) is 0 Å². The van der Waals surface area contributed by atoms with Gasteiger partial charge in [0, 0.05) is 38.9 Å². The minimum absolute atomic E-state index is 0.201. The van der Waals surface area contributed by atoms with E-state index in [-0.39, 0.29) is 11.6 Å². The number of morpholine rings is 1. The van der Waals surface area contributed by atoms with Crippen LogP contribution in [0.25, 0.3) is 0 Å². The van der Waals surface area contributed by atoms with Crippen molar-refractivity contribution in [2.75, 3.05) is 45.9 Å². The van der Waals surface area contributed by atoms with E-state index in [1.165, 1.54) is 0 Å². The Morgan fingerprint density at radius 2 is 2.17 bits per heavy atom. The SMILES string of the molecule is CCCn1cc(Cl)c(C(=O)N2CC[C@](O)(CN3CCOCC3)C2)n1. The number of likely N-dealkylation sites (tertiary alicyclic amines) is 1. The predicted molar refractivity (Wildman–Crippen MR) is 90.3 cm³/mol. The zero-order chi connectivity index (χ0) is 17.2. The zero-order valence-corrected chi connectivity index (χ0v) is 14.8. The molecule has 2 saturated heterocycles. The van der Waals surface area contributed by atoms with Crippen LogP contribution in [0.2, 0.25) is 5.02 Å². The molecule has 1 atom stereocenters. The van der Waals surface area contributed by atoms with Crippen molar-refractivity contribution in [3.05, 3.63) is 16.9 Å². The number of nitrogens with zero attached hydrogens (tertiary/aromatic N) is 4.